The lowest BCUT2D eigenvalue weighted by molar-refractivity contribution is 0.421. The minimum absolute atomic E-state index is 0.184. The molecule has 1 aliphatic rings. The highest BCUT2D eigenvalue weighted by molar-refractivity contribution is 5.50. The Bertz CT molecular complexity index is 656. The van der Waals surface area contributed by atoms with Crippen molar-refractivity contribution in [1.82, 2.24) is 9.97 Å². The first kappa shape index (κ1) is 13.8. The highest BCUT2D eigenvalue weighted by Crippen LogP contribution is 2.40. The monoisotopic (exact) mass is 287 g/mol. The Morgan fingerprint density at radius 1 is 1.29 bits per heavy atom. The number of hydrogen-bond donors (Lipinski definition) is 1. The number of benzene rings is 1. The standard InChI is InChI=1S/C16H18FN3O/c1-3-18-14-10(2)16(20-15(19-14)11-8-9-11)21-13-7-5-4-6-12(13)17/h4-7,11H,3,8-9H2,1-2H3,(H,18,19,20). The number of hydrogen-bond acceptors (Lipinski definition) is 4. The van der Waals surface area contributed by atoms with E-state index in [1.807, 2.05) is 13.8 Å². The van der Waals surface area contributed by atoms with Crippen molar-refractivity contribution >= 4 is 5.82 Å². The Hall–Kier alpha value is -2.17. The molecule has 5 heteroatoms. The maximum Gasteiger partial charge on any atom is 0.227 e. The van der Waals surface area contributed by atoms with Crippen molar-refractivity contribution in [2.45, 2.75) is 32.6 Å². The summed E-state index contributed by atoms with van der Waals surface area (Å²) in [5, 5.41) is 3.21. The van der Waals surface area contributed by atoms with Gasteiger partial charge in [0.15, 0.2) is 11.6 Å². The molecule has 1 saturated carbocycles. The summed E-state index contributed by atoms with van der Waals surface area (Å²) in [5.41, 5.74) is 0.796. The van der Waals surface area contributed by atoms with Crippen LogP contribution in [0.4, 0.5) is 10.2 Å². The number of para-hydroxylation sites is 1. The van der Waals surface area contributed by atoms with Crippen LogP contribution in [0.3, 0.4) is 0 Å². The van der Waals surface area contributed by atoms with Gasteiger partial charge in [-0.1, -0.05) is 12.1 Å². The normalized spacial score (nSPS) is 14.0. The summed E-state index contributed by atoms with van der Waals surface area (Å²) in [4.78, 5) is 9.03. The third-order valence-corrected chi connectivity index (χ3v) is 3.45. The number of nitrogens with zero attached hydrogens (tertiary/aromatic N) is 2. The minimum atomic E-state index is -0.395. The van der Waals surface area contributed by atoms with E-state index in [2.05, 4.69) is 15.3 Å². The van der Waals surface area contributed by atoms with E-state index in [-0.39, 0.29) is 5.75 Å². The van der Waals surface area contributed by atoms with E-state index in [4.69, 9.17) is 4.74 Å². The molecule has 1 fully saturated rings. The first-order valence-corrected chi connectivity index (χ1v) is 7.23. The van der Waals surface area contributed by atoms with Gasteiger partial charge in [0.1, 0.15) is 11.6 Å². The maximum absolute atomic E-state index is 13.7. The fourth-order valence-electron chi connectivity index (χ4n) is 2.11. The summed E-state index contributed by atoms with van der Waals surface area (Å²) in [6.45, 7) is 4.65. The molecule has 3 rings (SSSR count). The van der Waals surface area contributed by atoms with E-state index in [1.54, 1.807) is 18.2 Å². The van der Waals surface area contributed by atoms with Crippen LogP contribution in [-0.4, -0.2) is 16.5 Å². The predicted molar refractivity (Wildman–Crippen MR) is 79.4 cm³/mol. The Balaban J connectivity index is 1.98. The fourth-order valence-corrected chi connectivity index (χ4v) is 2.11. The molecule has 0 atom stereocenters. The number of aromatic nitrogens is 2. The molecular formula is C16H18FN3O. The number of anilines is 1. The van der Waals surface area contributed by atoms with Gasteiger partial charge in [-0.15, -0.1) is 0 Å². The van der Waals surface area contributed by atoms with E-state index in [1.165, 1.54) is 6.07 Å². The predicted octanol–water partition coefficient (Wildman–Crippen LogP) is 4.03. The van der Waals surface area contributed by atoms with Gasteiger partial charge in [0.25, 0.3) is 0 Å². The molecule has 0 radical (unpaired) electrons. The lowest BCUT2D eigenvalue weighted by Gasteiger charge is -2.14. The zero-order valence-corrected chi connectivity index (χ0v) is 12.2. The lowest BCUT2D eigenvalue weighted by atomic mass is 10.3. The van der Waals surface area contributed by atoms with E-state index in [9.17, 15) is 4.39 Å². The van der Waals surface area contributed by atoms with Crippen molar-refractivity contribution < 1.29 is 9.13 Å². The maximum atomic E-state index is 13.7. The van der Waals surface area contributed by atoms with Gasteiger partial charge in [-0.25, -0.2) is 9.37 Å². The second kappa shape index (κ2) is 5.68. The summed E-state index contributed by atoms with van der Waals surface area (Å²) < 4.78 is 19.4. The van der Waals surface area contributed by atoms with Crippen LogP contribution in [0, 0.1) is 12.7 Å². The molecule has 2 aromatic rings. The zero-order chi connectivity index (χ0) is 14.8. The van der Waals surface area contributed by atoms with Crippen LogP contribution in [0.25, 0.3) is 0 Å². The molecular weight excluding hydrogens is 269 g/mol. The topological polar surface area (TPSA) is 47.0 Å². The van der Waals surface area contributed by atoms with Gasteiger partial charge in [-0.2, -0.15) is 4.98 Å². The van der Waals surface area contributed by atoms with Gasteiger partial charge >= 0.3 is 0 Å². The molecule has 4 nitrogen and oxygen atoms in total. The Morgan fingerprint density at radius 2 is 2.05 bits per heavy atom. The molecule has 110 valence electrons. The smallest absolute Gasteiger partial charge is 0.227 e. The quantitative estimate of drug-likeness (QED) is 0.902. The Kier molecular flexibility index (Phi) is 3.73. The molecule has 0 aliphatic heterocycles. The van der Waals surface area contributed by atoms with Gasteiger partial charge in [-0.05, 0) is 38.8 Å². The zero-order valence-electron chi connectivity index (χ0n) is 12.2. The van der Waals surface area contributed by atoms with E-state index >= 15 is 0 Å². The molecule has 0 saturated heterocycles. The second-order valence-electron chi connectivity index (χ2n) is 5.20. The Morgan fingerprint density at radius 3 is 2.71 bits per heavy atom. The third-order valence-electron chi connectivity index (χ3n) is 3.45. The minimum Gasteiger partial charge on any atom is -0.435 e. The molecule has 1 N–H and O–H groups in total. The van der Waals surface area contributed by atoms with Crippen molar-refractivity contribution in [3.8, 4) is 11.6 Å². The van der Waals surface area contributed by atoms with Crippen molar-refractivity contribution in [3.05, 3.63) is 41.5 Å². The molecule has 1 heterocycles. The summed E-state index contributed by atoms with van der Waals surface area (Å²) in [6, 6.07) is 6.34. The van der Waals surface area contributed by atoms with Crippen LogP contribution in [-0.2, 0) is 0 Å². The number of rotatable bonds is 5. The molecule has 0 unspecified atom stereocenters. The average molecular weight is 287 g/mol. The highest BCUT2D eigenvalue weighted by atomic mass is 19.1. The SMILES string of the molecule is CCNc1nc(C2CC2)nc(Oc2ccccc2F)c1C. The second-order valence-corrected chi connectivity index (χ2v) is 5.20. The summed E-state index contributed by atoms with van der Waals surface area (Å²) >= 11 is 0. The van der Waals surface area contributed by atoms with E-state index in [0.29, 0.717) is 11.8 Å². The van der Waals surface area contributed by atoms with Crippen molar-refractivity contribution in [2.75, 3.05) is 11.9 Å². The van der Waals surface area contributed by atoms with E-state index in [0.717, 1.165) is 36.6 Å². The van der Waals surface area contributed by atoms with Crippen LogP contribution < -0.4 is 10.1 Å². The summed E-state index contributed by atoms with van der Waals surface area (Å²) in [7, 11) is 0. The highest BCUT2D eigenvalue weighted by Gasteiger charge is 2.28. The first-order valence-electron chi connectivity index (χ1n) is 7.23. The average Bonchev–Trinajstić information content (AvgIpc) is 3.30. The molecule has 21 heavy (non-hydrogen) atoms. The third kappa shape index (κ3) is 2.96. The number of ether oxygens (including phenoxy) is 1. The van der Waals surface area contributed by atoms with Crippen molar-refractivity contribution in [3.63, 3.8) is 0 Å². The van der Waals surface area contributed by atoms with Gasteiger partial charge in [0.2, 0.25) is 5.88 Å². The number of halogens is 1. The van der Waals surface area contributed by atoms with Crippen LogP contribution in [0.15, 0.2) is 24.3 Å². The van der Waals surface area contributed by atoms with E-state index < -0.39 is 5.82 Å². The molecule has 1 aliphatic carbocycles. The van der Waals surface area contributed by atoms with Crippen LogP contribution in [0.5, 0.6) is 11.6 Å². The number of nitrogens with one attached hydrogen (secondary N) is 1. The van der Waals surface area contributed by atoms with Gasteiger partial charge in [0.05, 0.1) is 5.56 Å². The molecule has 0 amide bonds. The summed E-state index contributed by atoms with van der Waals surface area (Å²) in [6.07, 6.45) is 2.21. The van der Waals surface area contributed by atoms with Crippen molar-refractivity contribution in [2.24, 2.45) is 0 Å². The molecule has 1 aromatic carbocycles. The Labute approximate surface area is 123 Å². The lowest BCUT2D eigenvalue weighted by Crippen LogP contribution is -2.07. The summed E-state index contributed by atoms with van der Waals surface area (Å²) in [5.74, 6) is 2.17. The van der Waals surface area contributed by atoms with Gasteiger partial charge < -0.3 is 10.1 Å². The van der Waals surface area contributed by atoms with Crippen LogP contribution in [0.2, 0.25) is 0 Å². The first-order chi connectivity index (χ1) is 10.2. The fraction of sp³-hybridized carbons (Fsp3) is 0.375. The molecule has 0 bridgehead atoms. The van der Waals surface area contributed by atoms with Crippen molar-refractivity contribution in [1.29, 1.82) is 0 Å². The van der Waals surface area contributed by atoms with Crippen LogP contribution >= 0.6 is 0 Å². The van der Waals surface area contributed by atoms with Gasteiger partial charge in [0, 0.05) is 12.5 Å². The largest absolute Gasteiger partial charge is 0.435 e. The van der Waals surface area contributed by atoms with Gasteiger partial charge in [-0.3, -0.25) is 0 Å². The van der Waals surface area contributed by atoms with Crippen LogP contribution in [0.1, 0.15) is 37.1 Å². The molecule has 1 aromatic heterocycles. The molecule has 0 spiro atoms.